The zero-order valence-electron chi connectivity index (χ0n) is 16.9. The van der Waals surface area contributed by atoms with Gasteiger partial charge in [0.05, 0.1) is 18.6 Å². The van der Waals surface area contributed by atoms with Gasteiger partial charge in [-0.3, -0.25) is 0 Å². The van der Waals surface area contributed by atoms with Gasteiger partial charge in [-0.1, -0.05) is 24.3 Å². The van der Waals surface area contributed by atoms with Gasteiger partial charge in [0.15, 0.2) is 5.96 Å². The summed E-state index contributed by atoms with van der Waals surface area (Å²) in [7, 11) is 0. The number of aromatic nitrogens is 3. The van der Waals surface area contributed by atoms with Crippen molar-refractivity contribution in [1.29, 1.82) is 0 Å². The number of rotatable bonds is 7. The van der Waals surface area contributed by atoms with Gasteiger partial charge < -0.3 is 20.2 Å². The second kappa shape index (κ2) is 9.26. The fourth-order valence-electron chi connectivity index (χ4n) is 3.43. The van der Waals surface area contributed by atoms with E-state index < -0.39 is 0 Å². The van der Waals surface area contributed by atoms with E-state index in [0.29, 0.717) is 12.2 Å². The van der Waals surface area contributed by atoms with Gasteiger partial charge in [-0.05, 0) is 42.7 Å². The summed E-state index contributed by atoms with van der Waals surface area (Å²) in [5.41, 5.74) is 3.70. The summed E-state index contributed by atoms with van der Waals surface area (Å²) in [5.74, 6) is 0.425. The van der Waals surface area contributed by atoms with Crippen LogP contribution in [0.2, 0.25) is 0 Å². The number of nitrogens with zero attached hydrogens (tertiary/aromatic N) is 3. The fraction of sp³-hybridized carbons (Fsp3) is 0.217. The number of benzene rings is 2. The summed E-state index contributed by atoms with van der Waals surface area (Å²) in [5, 5.41) is 7.85. The first-order valence-corrected chi connectivity index (χ1v) is 10.1. The standard InChI is InChI=1S/C23H25FN6/c1-2-26-23(27-10-9-18-15-28-21-6-4-3-5-19(18)21)29-14-17-7-8-22(20(24)13-17)30-12-11-25-16-30/h3-8,11-13,15-16,28H,2,9-10,14H2,1H3,(H2,26,27,29). The Bertz CT molecular complexity index is 1130. The third kappa shape index (κ3) is 4.51. The molecule has 0 atom stereocenters. The van der Waals surface area contributed by atoms with Crippen LogP contribution in [-0.4, -0.2) is 33.6 Å². The van der Waals surface area contributed by atoms with E-state index >= 15 is 0 Å². The van der Waals surface area contributed by atoms with Gasteiger partial charge in [0, 0.05) is 42.6 Å². The molecule has 0 unspecified atom stereocenters. The van der Waals surface area contributed by atoms with Crippen LogP contribution in [-0.2, 0) is 13.0 Å². The van der Waals surface area contributed by atoms with Gasteiger partial charge >= 0.3 is 0 Å². The maximum Gasteiger partial charge on any atom is 0.191 e. The van der Waals surface area contributed by atoms with Crippen molar-refractivity contribution < 1.29 is 4.39 Å². The summed E-state index contributed by atoms with van der Waals surface area (Å²) in [6, 6.07) is 13.4. The number of fused-ring (bicyclic) bond motifs is 1. The molecule has 0 saturated heterocycles. The third-order valence-electron chi connectivity index (χ3n) is 4.92. The molecule has 4 aromatic rings. The van der Waals surface area contributed by atoms with E-state index in [0.717, 1.165) is 36.6 Å². The van der Waals surface area contributed by atoms with Crippen LogP contribution < -0.4 is 10.6 Å². The van der Waals surface area contributed by atoms with Crippen molar-refractivity contribution in [2.45, 2.75) is 19.9 Å². The normalized spacial score (nSPS) is 11.7. The van der Waals surface area contributed by atoms with E-state index in [9.17, 15) is 4.39 Å². The lowest BCUT2D eigenvalue weighted by atomic mass is 10.1. The Morgan fingerprint density at radius 2 is 2.10 bits per heavy atom. The molecule has 0 saturated carbocycles. The number of guanidine groups is 1. The summed E-state index contributed by atoms with van der Waals surface area (Å²) in [6.07, 6.45) is 7.86. The smallest absolute Gasteiger partial charge is 0.191 e. The minimum atomic E-state index is -0.294. The van der Waals surface area contributed by atoms with Crippen LogP contribution in [0.1, 0.15) is 18.1 Å². The number of aliphatic imine (C=N–C) groups is 1. The minimum absolute atomic E-state index is 0.294. The first kappa shape index (κ1) is 19.7. The zero-order chi connectivity index (χ0) is 20.8. The average Bonchev–Trinajstić information content (AvgIpc) is 3.43. The first-order chi connectivity index (χ1) is 14.7. The molecule has 0 aliphatic carbocycles. The molecule has 6 nitrogen and oxygen atoms in total. The molecule has 0 radical (unpaired) electrons. The lowest BCUT2D eigenvalue weighted by molar-refractivity contribution is 0.615. The summed E-state index contributed by atoms with van der Waals surface area (Å²) >= 11 is 0. The van der Waals surface area contributed by atoms with E-state index in [-0.39, 0.29) is 5.82 Å². The van der Waals surface area contributed by atoms with Gasteiger partial charge in [-0.2, -0.15) is 0 Å². The third-order valence-corrected chi connectivity index (χ3v) is 4.92. The molecular weight excluding hydrogens is 379 g/mol. The molecule has 0 spiro atoms. The van der Waals surface area contributed by atoms with Gasteiger partial charge in [-0.15, -0.1) is 0 Å². The quantitative estimate of drug-likeness (QED) is 0.324. The SMILES string of the molecule is CCNC(=NCc1ccc(-n2ccnc2)c(F)c1)NCCc1c[nH]c2ccccc12. The molecular formula is C23H25FN6. The molecule has 154 valence electrons. The predicted molar refractivity (Wildman–Crippen MR) is 118 cm³/mol. The highest BCUT2D eigenvalue weighted by Crippen LogP contribution is 2.18. The van der Waals surface area contributed by atoms with E-state index in [1.54, 1.807) is 29.4 Å². The molecule has 3 N–H and O–H groups in total. The second-order valence-electron chi connectivity index (χ2n) is 6.99. The van der Waals surface area contributed by atoms with E-state index in [4.69, 9.17) is 0 Å². The maximum absolute atomic E-state index is 14.4. The number of hydrogen-bond donors (Lipinski definition) is 3. The van der Waals surface area contributed by atoms with Crippen LogP contribution in [0.4, 0.5) is 4.39 Å². The van der Waals surface area contributed by atoms with Crippen LogP contribution in [0.5, 0.6) is 0 Å². The molecule has 0 bridgehead atoms. The maximum atomic E-state index is 14.4. The summed E-state index contributed by atoms with van der Waals surface area (Å²) in [6.45, 7) is 3.93. The molecule has 7 heteroatoms. The minimum Gasteiger partial charge on any atom is -0.361 e. The lowest BCUT2D eigenvalue weighted by Crippen LogP contribution is -2.38. The Morgan fingerprint density at radius 3 is 2.90 bits per heavy atom. The summed E-state index contributed by atoms with van der Waals surface area (Å²) in [4.78, 5) is 11.9. The molecule has 0 aliphatic heterocycles. The molecule has 30 heavy (non-hydrogen) atoms. The first-order valence-electron chi connectivity index (χ1n) is 10.1. The van der Waals surface area contributed by atoms with Crippen molar-refractivity contribution in [3.05, 3.63) is 84.3 Å². The molecule has 4 rings (SSSR count). The largest absolute Gasteiger partial charge is 0.361 e. The topological polar surface area (TPSA) is 70.0 Å². The number of hydrogen-bond acceptors (Lipinski definition) is 2. The highest BCUT2D eigenvalue weighted by atomic mass is 19.1. The van der Waals surface area contributed by atoms with Gasteiger partial charge in [0.2, 0.25) is 0 Å². The van der Waals surface area contributed by atoms with E-state index in [2.05, 4.69) is 50.0 Å². The predicted octanol–water partition coefficient (Wildman–Crippen LogP) is 3.79. The van der Waals surface area contributed by atoms with Crippen molar-refractivity contribution in [1.82, 2.24) is 25.2 Å². The fourth-order valence-corrected chi connectivity index (χ4v) is 3.43. The van der Waals surface area contributed by atoms with Crippen LogP contribution in [0.3, 0.4) is 0 Å². The monoisotopic (exact) mass is 404 g/mol. The van der Waals surface area contributed by atoms with Gasteiger partial charge in [0.1, 0.15) is 5.82 Å². The van der Waals surface area contributed by atoms with Gasteiger partial charge in [0.25, 0.3) is 0 Å². The van der Waals surface area contributed by atoms with Crippen molar-refractivity contribution >= 4 is 16.9 Å². The Balaban J connectivity index is 1.38. The Hall–Kier alpha value is -3.61. The highest BCUT2D eigenvalue weighted by Gasteiger charge is 2.06. The van der Waals surface area contributed by atoms with Crippen LogP contribution in [0.25, 0.3) is 16.6 Å². The van der Waals surface area contributed by atoms with Gasteiger partial charge in [-0.25, -0.2) is 14.4 Å². The zero-order valence-corrected chi connectivity index (χ0v) is 16.9. The lowest BCUT2D eigenvalue weighted by Gasteiger charge is -2.11. The average molecular weight is 404 g/mol. The molecule has 2 heterocycles. The number of H-pyrrole nitrogens is 1. The van der Waals surface area contributed by atoms with Crippen molar-refractivity contribution in [2.75, 3.05) is 13.1 Å². The number of para-hydroxylation sites is 1. The van der Waals surface area contributed by atoms with Crippen molar-refractivity contribution in [3.8, 4) is 5.69 Å². The second-order valence-corrected chi connectivity index (χ2v) is 6.99. The molecule has 0 aliphatic rings. The van der Waals surface area contributed by atoms with E-state index in [1.165, 1.54) is 17.0 Å². The number of nitrogens with one attached hydrogen (secondary N) is 3. The molecule has 0 amide bonds. The van der Waals surface area contributed by atoms with Crippen LogP contribution >= 0.6 is 0 Å². The summed E-state index contributed by atoms with van der Waals surface area (Å²) < 4.78 is 16.1. The van der Waals surface area contributed by atoms with Crippen molar-refractivity contribution in [2.24, 2.45) is 4.99 Å². The molecule has 0 fully saturated rings. The Labute approximate surface area is 174 Å². The number of imidazole rings is 1. The number of aromatic amines is 1. The van der Waals surface area contributed by atoms with Crippen LogP contribution in [0.15, 0.2) is 72.4 Å². The Morgan fingerprint density at radius 1 is 1.20 bits per heavy atom. The number of halogens is 1. The molecule has 2 aromatic carbocycles. The molecule has 2 aromatic heterocycles. The van der Waals surface area contributed by atoms with E-state index in [1.807, 2.05) is 19.1 Å². The van der Waals surface area contributed by atoms with Crippen LogP contribution in [0, 0.1) is 5.82 Å². The Kier molecular flexibility index (Phi) is 6.08. The van der Waals surface area contributed by atoms with Crippen molar-refractivity contribution in [3.63, 3.8) is 0 Å². The highest BCUT2D eigenvalue weighted by molar-refractivity contribution is 5.83.